The molecule has 0 N–H and O–H groups in total. The molecule has 0 bridgehead atoms. The van der Waals surface area contributed by atoms with Crippen LogP contribution in [0.2, 0.25) is 0 Å². The highest BCUT2D eigenvalue weighted by atomic mass is 35.5. The maximum atomic E-state index is 6.17. The first-order valence-corrected chi connectivity index (χ1v) is 7.85. The standard InChI is InChI=1S/C19H23Cl/c1-14(2)17-10-6-16(7-11-17)12-19(13-20)18-8-4-15(3)5-9-18/h4-11,14,19H,12-13H2,1-3H3. The first kappa shape index (κ1) is 15.1. The number of hydrogen-bond acceptors (Lipinski definition) is 0. The molecule has 0 aliphatic heterocycles. The van der Waals surface area contributed by atoms with Crippen molar-refractivity contribution < 1.29 is 0 Å². The number of hydrogen-bond donors (Lipinski definition) is 0. The Balaban J connectivity index is 2.11. The molecule has 20 heavy (non-hydrogen) atoms. The van der Waals surface area contributed by atoms with Crippen LogP contribution in [0.15, 0.2) is 48.5 Å². The van der Waals surface area contributed by atoms with Gasteiger partial charge in [0.2, 0.25) is 0 Å². The zero-order valence-corrected chi connectivity index (χ0v) is 13.3. The van der Waals surface area contributed by atoms with Crippen molar-refractivity contribution in [3.8, 4) is 0 Å². The number of benzene rings is 2. The summed E-state index contributed by atoms with van der Waals surface area (Å²) in [5, 5.41) is 0. The van der Waals surface area contributed by atoms with Gasteiger partial charge in [0.15, 0.2) is 0 Å². The molecule has 0 saturated carbocycles. The summed E-state index contributed by atoms with van der Waals surface area (Å²) in [4.78, 5) is 0. The fourth-order valence-corrected chi connectivity index (χ4v) is 2.71. The molecule has 1 unspecified atom stereocenters. The Hall–Kier alpha value is -1.27. The molecular formula is C19H23Cl. The van der Waals surface area contributed by atoms with Crippen LogP contribution in [0.5, 0.6) is 0 Å². The Kier molecular flexibility index (Phi) is 5.25. The highest BCUT2D eigenvalue weighted by Crippen LogP contribution is 2.24. The van der Waals surface area contributed by atoms with Crippen molar-refractivity contribution in [2.75, 3.05) is 5.88 Å². The largest absolute Gasteiger partial charge is 0.126 e. The van der Waals surface area contributed by atoms with Crippen LogP contribution in [0.3, 0.4) is 0 Å². The van der Waals surface area contributed by atoms with Crippen molar-refractivity contribution in [1.29, 1.82) is 0 Å². The minimum absolute atomic E-state index is 0.391. The van der Waals surface area contributed by atoms with Crippen molar-refractivity contribution in [3.63, 3.8) is 0 Å². The lowest BCUT2D eigenvalue weighted by Crippen LogP contribution is -2.05. The van der Waals surface area contributed by atoms with Gasteiger partial charge in [-0.1, -0.05) is 67.9 Å². The Morgan fingerprint density at radius 2 is 1.40 bits per heavy atom. The van der Waals surface area contributed by atoms with E-state index in [-0.39, 0.29) is 0 Å². The van der Waals surface area contributed by atoms with Gasteiger partial charge in [0.05, 0.1) is 0 Å². The molecule has 0 aromatic heterocycles. The predicted octanol–water partition coefficient (Wildman–Crippen LogP) is 5.68. The minimum Gasteiger partial charge on any atom is -0.126 e. The van der Waals surface area contributed by atoms with Gasteiger partial charge in [0, 0.05) is 11.8 Å². The number of alkyl halides is 1. The Labute approximate surface area is 127 Å². The molecule has 1 heteroatoms. The maximum absolute atomic E-state index is 6.17. The van der Waals surface area contributed by atoms with Crippen LogP contribution in [0.25, 0.3) is 0 Å². The van der Waals surface area contributed by atoms with Crippen LogP contribution in [0.4, 0.5) is 0 Å². The van der Waals surface area contributed by atoms with Crippen LogP contribution in [0, 0.1) is 6.92 Å². The van der Waals surface area contributed by atoms with Gasteiger partial charge in [-0.05, 0) is 36.0 Å². The minimum atomic E-state index is 0.391. The fraction of sp³-hybridized carbons (Fsp3) is 0.368. The van der Waals surface area contributed by atoms with Crippen LogP contribution >= 0.6 is 11.6 Å². The summed E-state index contributed by atoms with van der Waals surface area (Å²) < 4.78 is 0. The molecule has 2 rings (SSSR count). The van der Waals surface area contributed by atoms with Gasteiger partial charge in [-0.2, -0.15) is 0 Å². The zero-order chi connectivity index (χ0) is 14.5. The monoisotopic (exact) mass is 286 g/mol. The first-order valence-electron chi connectivity index (χ1n) is 7.31. The molecule has 0 aliphatic rings. The van der Waals surface area contributed by atoms with Gasteiger partial charge < -0.3 is 0 Å². The van der Waals surface area contributed by atoms with Gasteiger partial charge >= 0.3 is 0 Å². The van der Waals surface area contributed by atoms with Crippen LogP contribution < -0.4 is 0 Å². The predicted molar refractivity (Wildman–Crippen MR) is 88.9 cm³/mol. The third-order valence-electron chi connectivity index (χ3n) is 3.86. The van der Waals surface area contributed by atoms with E-state index in [1.54, 1.807) is 0 Å². The number of rotatable bonds is 5. The molecule has 2 aromatic rings. The zero-order valence-electron chi connectivity index (χ0n) is 12.6. The smallest absolute Gasteiger partial charge is 0.0295 e. The van der Waals surface area contributed by atoms with Crippen molar-refractivity contribution in [2.45, 2.75) is 39.0 Å². The van der Waals surface area contributed by atoms with E-state index < -0.39 is 0 Å². The number of aryl methyl sites for hydroxylation is 1. The van der Waals surface area contributed by atoms with E-state index in [0.717, 1.165) is 6.42 Å². The van der Waals surface area contributed by atoms with Crippen molar-refractivity contribution >= 4 is 11.6 Å². The lowest BCUT2D eigenvalue weighted by atomic mass is 9.92. The average Bonchev–Trinajstić information content (AvgIpc) is 2.46. The summed E-state index contributed by atoms with van der Waals surface area (Å²) in [7, 11) is 0. The molecule has 0 spiro atoms. The topological polar surface area (TPSA) is 0 Å². The molecular weight excluding hydrogens is 264 g/mol. The molecule has 0 saturated heterocycles. The van der Waals surface area contributed by atoms with Gasteiger partial charge in [-0.25, -0.2) is 0 Å². The van der Waals surface area contributed by atoms with Crippen LogP contribution in [-0.2, 0) is 6.42 Å². The second kappa shape index (κ2) is 6.95. The quantitative estimate of drug-likeness (QED) is 0.620. The molecule has 0 fully saturated rings. The van der Waals surface area contributed by atoms with E-state index in [0.29, 0.717) is 17.7 Å². The lowest BCUT2D eigenvalue weighted by Gasteiger charge is -2.15. The summed E-state index contributed by atoms with van der Waals surface area (Å²) >= 11 is 6.17. The summed E-state index contributed by atoms with van der Waals surface area (Å²) in [5.41, 5.74) is 5.38. The van der Waals surface area contributed by atoms with E-state index in [9.17, 15) is 0 Å². The third-order valence-corrected chi connectivity index (χ3v) is 4.24. The maximum Gasteiger partial charge on any atom is 0.0295 e. The molecule has 0 amide bonds. The Bertz CT molecular complexity index is 523. The summed E-state index contributed by atoms with van der Waals surface area (Å²) in [6.07, 6.45) is 1.00. The van der Waals surface area contributed by atoms with E-state index >= 15 is 0 Å². The van der Waals surface area contributed by atoms with E-state index in [1.165, 1.54) is 22.3 Å². The van der Waals surface area contributed by atoms with Crippen molar-refractivity contribution in [1.82, 2.24) is 0 Å². The molecule has 1 atom stereocenters. The molecule has 0 nitrogen and oxygen atoms in total. The molecule has 0 heterocycles. The lowest BCUT2D eigenvalue weighted by molar-refractivity contribution is 0.764. The normalized spacial score (nSPS) is 12.7. The molecule has 106 valence electrons. The Morgan fingerprint density at radius 3 is 1.90 bits per heavy atom. The molecule has 0 aliphatic carbocycles. The average molecular weight is 287 g/mol. The summed E-state index contributed by atoms with van der Waals surface area (Å²) in [5.74, 6) is 1.64. The van der Waals surface area contributed by atoms with Crippen molar-refractivity contribution in [2.24, 2.45) is 0 Å². The van der Waals surface area contributed by atoms with Gasteiger partial charge in [-0.3, -0.25) is 0 Å². The van der Waals surface area contributed by atoms with E-state index in [4.69, 9.17) is 11.6 Å². The van der Waals surface area contributed by atoms with E-state index in [1.807, 2.05) is 0 Å². The second-order valence-corrected chi connectivity index (χ2v) is 6.17. The summed E-state index contributed by atoms with van der Waals surface area (Å²) in [6, 6.07) is 17.7. The van der Waals surface area contributed by atoms with Crippen molar-refractivity contribution in [3.05, 3.63) is 70.8 Å². The van der Waals surface area contributed by atoms with Gasteiger partial charge in [0.1, 0.15) is 0 Å². The Morgan fingerprint density at radius 1 is 0.850 bits per heavy atom. The van der Waals surface area contributed by atoms with Crippen LogP contribution in [0.1, 0.15) is 47.9 Å². The third kappa shape index (κ3) is 3.86. The molecule has 0 radical (unpaired) electrons. The first-order chi connectivity index (χ1) is 9.60. The second-order valence-electron chi connectivity index (χ2n) is 5.86. The van der Waals surface area contributed by atoms with Crippen LogP contribution in [-0.4, -0.2) is 5.88 Å². The van der Waals surface area contributed by atoms with Gasteiger partial charge in [-0.15, -0.1) is 11.6 Å². The molecule has 2 aromatic carbocycles. The summed E-state index contributed by atoms with van der Waals surface area (Å²) in [6.45, 7) is 6.57. The van der Waals surface area contributed by atoms with Gasteiger partial charge in [0.25, 0.3) is 0 Å². The highest BCUT2D eigenvalue weighted by molar-refractivity contribution is 6.18. The number of halogens is 1. The highest BCUT2D eigenvalue weighted by Gasteiger charge is 2.11. The SMILES string of the molecule is Cc1ccc(C(CCl)Cc2ccc(C(C)C)cc2)cc1. The van der Waals surface area contributed by atoms with E-state index in [2.05, 4.69) is 69.3 Å². The fourth-order valence-electron chi connectivity index (χ4n) is 2.42.